The lowest BCUT2D eigenvalue weighted by Crippen LogP contribution is -2.41. The molecule has 0 saturated heterocycles. The highest BCUT2D eigenvalue weighted by atomic mass is 79.9. The molecular weight excluding hydrogens is 474 g/mol. The number of hydrogen-bond acceptors (Lipinski definition) is 5. The molecule has 6 nitrogen and oxygen atoms in total. The lowest BCUT2D eigenvalue weighted by atomic mass is 10.2. The van der Waals surface area contributed by atoms with Gasteiger partial charge in [0.05, 0.1) is 15.1 Å². The number of fused-ring (bicyclic) bond motifs is 1. The van der Waals surface area contributed by atoms with Crippen molar-refractivity contribution in [3.8, 4) is 0 Å². The summed E-state index contributed by atoms with van der Waals surface area (Å²) in [7, 11) is -3.63. The monoisotopic (exact) mass is 495 g/mol. The van der Waals surface area contributed by atoms with E-state index in [0.29, 0.717) is 20.9 Å². The standard InChI is InChI=1S/C20H22BrN3O3S2/c1-12(2)24(13(3)4)29(26,27)16-9-10-17-18(11-16)28-20(22-17)23-19(25)14-5-7-15(21)8-6-14/h5-13H,1-4H3,(H,22,23,25). The summed E-state index contributed by atoms with van der Waals surface area (Å²) in [5.41, 5.74) is 1.15. The Morgan fingerprint density at radius 2 is 1.69 bits per heavy atom. The van der Waals surface area contributed by atoms with Gasteiger partial charge in [0.25, 0.3) is 5.91 Å². The van der Waals surface area contributed by atoms with Crippen molar-refractivity contribution in [3.63, 3.8) is 0 Å². The molecule has 0 bridgehead atoms. The number of carbonyl (C=O) groups is 1. The maximum atomic E-state index is 13.1. The predicted octanol–water partition coefficient (Wildman–Crippen LogP) is 5.12. The first kappa shape index (κ1) is 21.9. The highest BCUT2D eigenvalue weighted by molar-refractivity contribution is 9.10. The number of carbonyl (C=O) groups excluding carboxylic acids is 1. The third-order valence-electron chi connectivity index (χ3n) is 4.28. The summed E-state index contributed by atoms with van der Waals surface area (Å²) in [4.78, 5) is 17.0. The van der Waals surface area contributed by atoms with Crippen molar-refractivity contribution in [2.24, 2.45) is 0 Å². The molecule has 1 aromatic heterocycles. The summed E-state index contributed by atoms with van der Waals surface area (Å²) in [6.07, 6.45) is 0. The minimum Gasteiger partial charge on any atom is -0.298 e. The number of halogens is 1. The van der Waals surface area contributed by atoms with E-state index in [9.17, 15) is 13.2 Å². The largest absolute Gasteiger partial charge is 0.298 e. The number of rotatable bonds is 6. The minimum absolute atomic E-state index is 0.155. The number of anilines is 1. The van der Waals surface area contributed by atoms with E-state index in [1.54, 1.807) is 42.5 Å². The maximum absolute atomic E-state index is 13.1. The lowest BCUT2D eigenvalue weighted by molar-refractivity contribution is 0.102. The van der Waals surface area contributed by atoms with Crippen LogP contribution in [0.1, 0.15) is 38.1 Å². The van der Waals surface area contributed by atoms with Crippen LogP contribution in [0.15, 0.2) is 51.8 Å². The van der Waals surface area contributed by atoms with Crippen LogP contribution in [0.2, 0.25) is 0 Å². The van der Waals surface area contributed by atoms with Crippen LogP contribution in [0.25, 0.3) is 10.2 Å². The van der Waals surface area contributed by atoms with Gasteiger partial charge in [0, 0.05) is 22.1 Å². The Hall–Kier alpha value is -1.81. The Balaban J connectivity index is 1.90. The van der Waals surface area contributed by atoms with Crippen molar-refractivity contribution in [2.75, 3.05) is 5.32 Å². The number of sulfonamides is 1. The zero-order valence-electron chi connectivity index (χ0n) is 16.5. The topological polar surface area (TPSA) is 79.4 Å². The average molecular weight is 496 g/mol. The van der Waals surface area contributed by atoms with Crippen LogP contribution < -0.4 is 5.32 Å². The Morgan fingerprint density at radius 3 is 2.28 bits per heavy atom. The van der Waals surface area contributed by atoms with Gasteiger partial charge in [-0.05, 0) is 70.2 Å². The molecule has 2 aromatic carbocycles. The fourth-order valence-electron chi connectivity index (χ4n) is 3.16. The summed E-state index contributed by atoms with van der Waals surface area (Å²) in [6, 6.07) is 11.6. The number of nitrogens with zero attached hydrogens (tertiary/aromatic N) is 2. The van der Waals surface area contributed by atoms with Crippen molar-refractivity contribution in [3.05, 3.63) is 52.5 Å². The van der Waals surface area contributed by atoms with Crippen LogP contribution in [0.5, 0.6) is 0 Å². The van der Waals surface area contributed by atoms with Crippen molar-refractivity contribution >= 4 is 58.5 Å². The van der Waals surface area contributed by atoms with Crippen LogP contribution in [0, 0.1) is 0 Å². The first-order chi connectivity index (χ1) is 13.6. The van der Waals surface area contributed by atoms with Gasteiger partial charge in [0.2, 0.25) is 10.0 Å². The van der Waals surface area contributed by atoms with Gasteiger partial charge in [0.15, 0.2) is 5.13 Å². The van der Waals surface area contributed by atoms with E-state index >= 15 is 0 Å². The summed E-state index contributed by atoms with van der Waals surface area (Å²) < 4.78 is 29.3. The molecule has 0 aliphatic carbocycles. The molecule has 0 aliphatic heterocycles. The van der Waals surface area contributed by atoms with Crippen molar-refractivity contribution < 1.29 is 13.2 Å². The van der Waals surface area contributed by atoms with E-state index in [0.717, 1.165) is 4.47 Å². The highest BCUT2D eigenvalue weighted by Gasteiger charge is 2.29. The fraction of sp³-hybridized carbons (Fsp3) is 0.300. The minimum atomic E-state index is -3.63. The molecule has 9 heteroatoms. The van der Waals surface area contributed by atoms with E-state index < -0.39 is 10.0 Å². The number of nitrogens with one attached hydrogen (secondary N) is 1. The molecule has 0 atom stereocenters. The van der Waals surface area contributed by atoms with Crippen LogP contribution >= 0.6 is 27.3 Å². The van der Waals surface area contributed by atoms with Gasteiger partial charge in [0.1, 0.15) is 0 Å². The number of aromatic nitrogens is 1. The molecule has 0 aliphatic rings. The third-order valence-corrected chi connectivity index (χ3v) is 7.99. The Morgan fingerprint density at radius 1 is 1.07 bits per heavy atom. The second-order valence-corrected chi connectivity index (χ2v) is 10.9. The van der Waals surface area contributed by atoms with Gasteiger partial charge in [-0.25, -0.2) is 13.4 Å². The number of hydrogen-bond donors (Lipinski definition) is 1. The SMILES string of the molecule is CC(C)N(C(C)C)S(=O)(=O)c1ccc2nc(NC(=O)c3ccc(Br)cc3)sc2c1. The van der Waals surface area contributed by atoms with Crippen molar-refractivity contribution in [1.82, 2.24) is 9.29 Å². The van der Waals surface area contributed by atoms with E-state index in [4.69, 9.17) is 0 Å². The molecule has 1 N–H and O–H groups in total. The van der Waals surface area contributed by atoms with Gasteiger partial charge in [-0.1, -0.05) is 27.3 Å². The van der Waals surface area contributed by atoms with Gasteiger partial charge in [-0.15, -0.1) is 0 Å². The van der Waals surface area contributed by atoms with E-state index in [2.05, 4.69) is 26.2 Å². The molecule has 154 valence electrons. The highest BCUT2D eigenvalue weighted by Crippen LogP contribution is 2.30. The Bertz CT molecular complexity index is 1130. The van der Waals surface area contributed by atoms with Gasteiger partial charge < -0.3 is 0 Å². The van der Waals surface area contributed by atoms with Crippen molar-refractivity contribution in [2.45, 2.75) is 44.7 Å². The molecule has 3 aromatic rings. The fourth-order valence-corrected chi connectivity index (χ4v) is 6.26. The third kappa shape index (κ3) is 4.69. The predicted molar refractivity (Wildman–Crippen MR) is 121 cm³/mol. The summed E-state index contributed by atoms with van der Waals surface area (Å²) in [5, 5.41) is 3.20. The molecule has 0 fully saturated rings. The van der Waals surface area contributed by atoms with Crippen LogP contribution in [0.3, 0.4) is 0 Å². The average Bonchev–Trinajstić information content (AvgIpc) is 3.02. The second kappa shape index (κ2) is 8.51. The van der Waals surface area contributed by atoms with Gasteiger partial charge in [-0.3, -0.25) is 10.1 Å². The van der Waals surface area contributed by atoms with Crippen LogP contribution in [0.4, 0.5) is 5.13 Å². The van der Waals surface area contributed by atoms with Gasteiger partial charge in [-0.2, -0.15) is 4.31 Å². The number of benzene rings is 2. The summed E-state index contributed by atoms with van der Waals surface area (Å²) in [6.45, 7) is 7.44. The van der Waals surface area contributed by atoms with Crippen LogP contribution in [-0.2, 0) is 10.0 Å². The molecule has 0 unspecified atom stereocenters. The molecule has 0 spiro atoms. The summed E-state index contributed by atoms with van der Waals surface area (Å²) >= 11 is 4.59. The van der Waals surface area contributed by atoms with Crippen molar-refractivity contribution in [1.29, 1.82) is 0 Å². The molecule has 0 radical (unpaired) electrons. The second-order valence-electron chi connectivity index (χ2n) is 7.13. The zero-order valence-corrected chi connectivity index (χ0v) is 19.7. The van der Waals surface area contributed by atoms with E-state index in [1.165, 1.54) is 15.6 Å². The zero-order chi connectivity index (χ0) is 21.3. The maximum Gasteiger partial charge on any atom is 0.257 e. The first-order valence-corrected chi connectivity index (χ1v) is 12.2. The van der Waals surface area contributed by atoms with Crippen LogP contribution in [-0.4, -0.2) is 35.7 Å². The quantitative estimate of drug-likeness (QED) is 0.514. The lowest BCUT2D eigenvalue weighted by Gasteiger charge is -2.29. The number of thiazole rings is 1. The molecule has 1 heterocycles. The molecular formula is C20H22BrN3O3S2. The molecule has 29 heavy (non-hydrogen) atoms. The molecule has 0 saturated carbocycles. The number of amides is 1. The molecule has 3 rings (SSSR count). The Labute approximate surface area is 183 Å². The first-order valence-electron chi connectivity index (χ1n) is 9.10. The normalized spacial score (nSPS) is 12.3. The van der Waals surface area contributed by atoms with Gasteiger partial charge >= 0.3 is 0 Å². The smallest absolute Gasteiger partial charge is 0.257 e. The summed E-state index contributed by atoms with van der Waals surface area (Å²) in [5.74, 6) is -0.268. The van der Waals surface area contributed by atoms with E-state index in [-0.39, 0.29) is 22.9 Å². The Kier molecular flexibility index (Phi) is 6.42. The molecule has 1 amide bonds. The van der Waals surface area contributed by atoms with E-state index in [1.807, 2.05) is 27.7 Å².